The van der Waals surface area contributed by atoms with Gasteiger partial charge in [0, 0.05) is 6.42 Å². The molecule has 0 aliphatic heterocycles. The monoisotopic (exact) mass is 358 g/mol. The Morgan fingerprint density at radius 2 is 1.96 bits per heavy atom. The Morgan fingerprint density at radius 1 is 1.19 bits per heavy atom. The molecule has 0 aromatic heterocycles. The van der Waals surface area contributed by atoms with Crippen LogP contribution in [0.25, 0.3) is 0 Å². The summed E-state index contributed by atoms with van der Waals surface area (Å²) in [6.07, 6.45) is 9.49. The highest BCUT2D eigenvalue weighted by molar-refractivity contribution is 5.50. The summed E-state index contributed by atoms with van der Waals surface area (Å²) < 4.78 is 0. The summed E-state index contributed by atoms with van der Waals surface area (Å²) in [7, 11) is 0. The van der Waals surface area contributed by atoms with Crippen LogP contribution >= 0.6 is 0 Å². The fourth-order valence-corrected chi connectivity index (χ4v) is 6.35. The number of aliphatic hydroxyl groups is 1. The van der Waals surface area contributed by atoms with E-state index in [9.17, 15) is 9.90 Å². The summed E-state index contributed by atoms with van der Waals surface area (Å²) >= 11 is 0. The number of fused-ring (bicyclic) bond motifs is 5. The van der Waals surface area contributed by atoms with E-state index in [0.29, 0.717) is 17.3 Å². The summed E-state index contributed by atoms with van der Waals surface area (Å²) in [5, 5.41) is 9.38. The minimum Gasteiger partial charge on any atom is -0.392 e. The topological polar surface area (TPSA) is 37.3 Å². The second kappa shape index (κ2) is 8.69. The number of benzene rings is 1. The number of hydrogen-bond donors (Lipinski definition) is 1. The van der Waals surface area contributed by atoms with Crippen molar-refractivity contribution in [1.82, 2.24) is 0 Å². The molecule has 5 unspecified atom stereocenters. The van der Waals surface area contributed by atoms with Gasteiger partial charge in [0.2, 0.25) is 0 Å². The van der Waals surface area contributed by atoms with Gasteiger partial charge in [-0.15, -0.1) is 0 Å². The van der Waals surface area contributed by atoms with E-state index in [1.807, 2.05) is 13.8 Å². The van der Waals surface area contributed by atoms with Crippen molar-refractivity contribution >= 4 is 6.29 Å². The highest BCUT2D eigenvalue weighted by atomic mass is 16.3. The first kappa shape index (κ1) is 21.2. The molecular formula is C24H38O2. The van der Waals surface area contributed by atoms with Gasteiger partial charge in [-0.1, -0.05) is 46.4 Å². The van der Waals surface area contributed by atoms with Crippen LogP contribution in [-0.2, 0) is 17.8 Å². The molecule has 26 heavy (non-hydrogen) atoms. The molecule has 3 aliphatic rings. The van der Waals surface area contributed by atoms with Gasteiger partial charge in [0.1, 0.15) is 6.29 Å². The Kier molecular flexibility index (Phi) is 7.07. The zero-order valence-corrected chi connectivity index (χ0v) is 16.1. The third-order valence-electron chi connectivity index (χ3n) is 7.55. The normalized spacial score (nSPS) is 34.3. The molecule has 146 valence electrons. The molecule has 1 aromatic carbocycles. The van der Waals surface area contributed by atoms with Crippen LogP contribution in [0.4, 0.5) is 0 Å². The van der Waals surface area contributed by atoms with Crippen molar-refractivity contribution in [3.63, 3.8) is 0 Å². The summed E-state index contributed by atoms with van der Waals surface area (Å²) in [6.45, 7) is 6.62. The Labute approximate surface area is 160 Å². The lowest BCUT2D eigenvalue weighted by Crippen LogP contribution is -2.42. The Morgan fingerprint density at radius 3 is 2.65 bits per heavy atom. The van der Waals surface area contributed by atoms with Crippen LogP contribution in [0, 0.1) is 23.2 Å². The van der Waals surface area contributed by atoms with Crippen LogP contribution < -0.4 is 0 Å². The molecule has 3 aliphatic carbocycles. The van der Waals surface area contributed by atoms with Gasteiger partial charge in [-0.3, -0.25) is 0 Å². The van der Waals surface area contributed by atoms with Gasteiger partial charge in [-0.25, -0.2) is 0 Å². The molecule has 1 N–H and O–H groups in total. The molecule has 0 radical (unpaired) electrons. The number of aliphatic hydroxyl groups excluding tert-OH is 1. The summed E-state index contributed by atoms with van der Waals surface area (Å²) in [4.78, 5) is 11.1. The Hall–Kier alpha value is -1.15. The summed E-state index contributed by atoms with van der Waals surface area (Å²) in [5.74, 6) is 2.93. The molecular weight excluding hydrogens is 320 g/mol. The van der Waals surface area contributed by atoms with Gasteiger partial charge in [0.05, 0.1) is 6.61 Å². The van der Waals surface area contributed by atoms with Crippen LogP contribution in [0.15, 0.2) is 18.2 Å². The molecule has 0 heterocycles. The number of aryl methyl sites for hydroxylation is 1. The molecule has 2 fully saturated rings. The van der Waals surface area contributed by atoms with Crippen LogP contribution in [0.3, 0.4) is 0 Å². The first-order chi connectivity index (χ1) is 12.2. The summed E-state index contributed by atoms with van der Waals surface area (Å²) in [5.41, 5.74) is 4.47. The van der Waals surface area contributed by atoms with Crippen molar-refractivity contribution in [2.45, 2.75) is 85.7 Å². The van der Waals surface area contributed by atoms with E-state index < -0.39 is 0 Å². The van der Waals surface area contributed by atoms with Crippen molar-refractivity contribution < 1.29 is 9.90 Å². The Balaban J connectivity index is 0.000000784. The largest absolute Gasteiger partial charge is 0.392 e. The third kappa shape index (κ3) is 3.38. The van der Waals surface area contributed by atoms with E-state index in [1.165, 1.54) is 37.7 Å². The molecule has 2 saturated carbocycles. The van der Waals surface area contributed by atoms with Gasteiger partial charge >= 0.3 is 0 Å². The fourth-order valence-electron chi connectivity index (χ4n) is 6.35. The maximum absolute atomic E-state index is 11.1. The highest BCUT2D eigenvalue weighted by Crippen LogP contribution is 2.63. The van der Waals surface area contributed by atoms with E-state index in [0.717, 1.165) is 36.5 Å². The van der Waals surface area contributed by atoms with Gasteiger partial charge < -0.3 is 9.90 Å². The van der Waals surface area contributed by atoms with E-state index >= 15 is 0 Å². The molecule has 0 amide bonds. The first-order valence-electron chi connectivity index (χ1n) is 10.3. The second-order valence-corrected chi connectivity index (χ2v) is 8.33. The smallest absolute Gasteiger partial charge is 0.120 e. The van der Waals surface area contributed by atoms with Crippen molar-refractivity contribution in [3.8, 4) is 0 Å². The molecule has 0 bridgehead atoms. The zero-order valence-electron chi connectivity index (χ0n) is 16.1. The van der Waals surface area contributed by atoms with Crippen molar-refractivity contribution in [2.75, 3.05) is 0 Å². The minimum absolute atomic E-state index is 0. The average Bonchev–Trinajstić information content (AvgIpc) is 2.99. The Bertz CT molecular complexity index is 608. The van der Waals surface area contributed by atoms with Gasteiger partial charge in [0.25, 0.3) is 0 Å². The number of rotatable bonds is 3. The van der Waals surface area contributed by atoms with Crippen LogP contribution in [0.5, 0.6) is 0 Å². The van der Waals surface area contributed by atoms with E-state index in [4.69, 9.17) is 0 Å². The van der Waals surface area contributed by atoms with Crippen molar-refractivity contribution in [2.24, 2.45) is 23.2 Å². The molecule has 4 rings (SSSR count). The first-order valence-corrected chi connectivity index (χ1v) is 10.3. The molecule has 2 nitrogen and oxygen atoms in total. The van der Waals surface area contributed by atoms with Gasteiger partial charge in [-0.05, 0) is 84.3 Å². The quantitative estimate of drug-likeness (QED) is 0.683. The van der Waals surface area contributed by atoms with E-state index in [2.05, 4.69) is 25.1 Å². The SMILES string of the molecule is C.CC.CC12CCC3c4ccc(CO)cc4CCC3C1CCC2CC=O. The van der Waals surface area contributed by atoms with Gasteiger partial charge in [0.15, 0.2) is 0 Å². The van der Waals surface area contributed by atoms with E-state index in [1.54, 1.807) is 5.56 Å². The standard InChI is InChI=1S/C21H28O2.C2H6.CH4/c1-21-10-8-18-17-5-2-14(13-23)12-15(17)3-6-19(18)20(21)7-4-16(21)9-11-22;1-2;/h2,5,11-12,16,18-20,23H,3-4,6-10,13H2,1H3;1-2H3;1H4. The second-order valence-electron chi connectivity index (χ2n) is 8.33. The van der Waals surface area contributed by atoms with Crippen molar-refractivity contribution in [1.29, 1.82) is 0 Å². The maximum atomic E-state index is 11.1. The molecule has 0 saturated heterocycles. The third-order valence-corrected chi connectivity index (χ3v) is 7.55. The predicted molar refractivity (Wildman–Crippen MR) is 109 cm³/mol. The number of carbonyl (C=O) groups excluding carboxylic acids is 1. The number of hydrogen-bond acceptors (Lipinski definition) is 2. The number of aldehydes is 1. The van der Waals surface area contributed by atoms with Crippen LogP contribution in [0.1, 0.15) is 89.3 Å². The lowest BCUT2D eigenvalue weighted by molar-refractivity contribution is -0.109. The van der Waals surface area contributed by atoms with Crippen LogP contribution in [0.2, 0.25) is 0 Å². The van der Waals surface area contributed by atoms with Gasteiger partial charge in [-0.2, -0.15) is 0 Å². The summed E-state index contributed by atoms with van der Waals surface area (Å²) in [6, 6.07) is 6.63. The zero-order chi connectivity index (χ0) is 18.0. The lowest BCUT2D eigenvalue weighted by Gasteiger charge is -2.51. The lowest BCUT2D eigenvalue weighted by atomic mass is 9.54. The molecule has 2 heteroatoms. The average molecular weight is 359 g/mol. The minimum atomic E-state index is 0. The highest BCUT2D eigenvalue weighted by Gasteiger charge is 2.54. The molecule has 0 spiro atoms. The van der Waals surface area contributed by atoms with Crippen molar-refractivity contribution in [3.05, 3.63) is 34.9 Å². The molecule has 5 atom stereocenters. The maximum Gasteiger partial charge on any atom is 0.120 e. The number of carbonyl (C=O) groups is 1. The fraction of sp³-hybridized carbons (Fsp3) is 0.708. The predicted octanol–water partition coefficient (Wildman–Crippen LogP) is 5.90. The van der Waals surface area contributed by atoms with Crippen LogP contribution in [-0.4, -0.2) is 11.4 Å². The van der Waals surface area contributed by atoms with E-state index in [-0.39, 0.29) is 14.0 Å². The molecule has 1 aromatic rings.